The number of nitrogens with one attached hydrogen (secondary N) is 2. The molecule has 122 valence electrons. The number of rotatable bonds is 5. The molecule has 1 aromatic heterocycles. The Hall–Kier alpha value is -2.35. The van der Waals surface area contributed by atoms with Crippen LogP contribution in [-0.4, -0.2) is 9.97 Å². The van der Waals surface area contributed by atoms with Gasteiger partial charge in [-0.15, -0.1) is 0 Å². The fraction of sp³-hybridized carbons (Fsp3) is 0.111. The first-order valence-corrected chi connectivity index (χ1v) is 8.66. The van der Waals surface area contributed by atoms with E-state index < -0.39 is 0 Å². The summed E-state index contributed by atoms with van der Waals surface area (Å²) in [5.74, 6) is 1.21. The fourth-order valence-electron chi connectivity index (χ4n) is 2.31. The summed E-state index contributed by atoms with van der Waals surface area (Å²) < 4.78 is 1.17. The molecule has 0 fully saturated rings. The number of halogens is 1. The van der Waals surface area contributed by atoms with Crippen LogP contribution in [0, 0.1) is 3.57 Å². The second kappa shape index (κ2) is 7.48. The van der Waals surface area contributed by atoms with Crippen molar-refractivity contribution in [2.24, 2.45) is 0 Å². The van der Waals surface area contributed by atoms with Gasteiger partial charge >= 0.3 is 0 Å². The monoisotopic (exact) mass is 431 g/mol. The van der Waals surface area contributed by atoms with Crippen molar-refractivity contribution in [3.63, 3.8) is 0 Å². The Morgan fingerprint density at radius 2 is 1.62 bits per heavy atom. The number of nitrogen functional groups attached to an aromatic ring is 1. The molecule has 3 rings (SSSR count). The second-order valence-corrected chi connectivity index (χ2v) is 6.64. The zero-order valence-electron chi connectivity index (χ0n) is 13.2. The number of hydrogen-bond donors (Lipinski definition) is 3. The maximum absolute atomic E-state index is 6.24. The van der Waals surface area contributed by atoms with Gasteiger partial charge in [0.25, 0.3) is 0 Å². The molecule has 0 saturated carbocycles. The van der Waals surface area contributed by atoms with Crippen LogP contribution >= 0.6 is 22.6 Å². The van der Waals surface area contributed by atoms with Crippen molar-refractivity contribution in [3.05, 3.63) is 70.1 Å². The van der Waals surface area contributed by atoms with Gasteiger partial charge in [-0.25, -0.2) is 9.97 Å². The quantitative estimate of drug-likeness (QED) is 0.516. The summed E-state index contributed by atoms with van der Waals surface area (Å²) in [6, 6.07) is 18.3. The van der Waals surface area contributed by atoms with E-state index in [2.05, 4.69) is 62.2 Å². The molecule has 3 aromatic rings. The summed E-state index contributed by atoms with van der Waals surface area (Å²) >= 11 is 2.27. The molecule has 0 saturated heterocycles. The van der Waals surface area contributed by atoms with Crippen LogP contribution in [-0.2, 0) is 0 Å². The van der Waals surface area contributed by atoms with E-state index in [1.54, 1.807) is 0 Å². The molecule has 1 unspecified atom stereocenters. The average molecular weight is 431 g/mol. The van der Waals surface area contributed by atoms with Gasteiger partial charge in [-0.1, -0.05) is 30.3 Å². The summed E-state index contributed by atoms with van der Waals surface area (Å²) in [4.78, 5) is 8.52. The Labute approximate surface area is 154 Å². The SMILES string of the molecule is CC(Nc1ncnc(Nc2ccc(I)cc2)c1N)c1ccccc1. The normalized spacial score (nSPS) is 11.8. The molecule has 4 N–H and O–H groups in total. The van der Waals surface area contributed by atoms with Crippen LogP contribution in [0.3, 0.4) is 0 Å². The van der Waals surface area contributed by atoms with Crippen molar-refractivity contribution in [1.29, 1.82) is 0 Å². The van der Waals surface area contributed by atoms with Crippen LogP contribution in [0.15, 0.2) is 60.9 Å². The molecule has 1 heterocycles. The summed E-state index contributed by atoms with van der Waals surface area (Å²) in [5.41, 5.74) is 8.84. The van der Waals surface area contributed by atoms with E-state index in [4.69, 9.17) is 5.73 Å². The molecule has 0 radical (unpaired) electrons. The molecule has 0 aliphatic heterocycles. The van der Waals surface area contributed by atoms with Gasteiger partial charge in [0.2, 0.25) is 0 Å². The van der Waals surface area contributed by atoms with Crippen molar-refractivity contribution < 1.29 is 0 Å². The van der Waals surface area contributed by atoms with Crippen LogP contribution in [0.4, 0.5) is 23.0 Å². The van der Waals surface area contributed by atoms with Crippen molar-refractivity contribution >= 4 is 45.6 Å². The summed E-state index contributed by atoms with van der Waals surface area (Å²) in [6.45, 7) is 2.07. The zero-order chi connectivity index (χ0) is 16.9. The predicted molar refractivity (Wildman–Crippen MR) is 107 cm³/mol. The Balaban J connectivity index is 1.79. The van der Waals surface area contributed by atoms with Crippen LogP contribution in [0.1, 0.15) is 18.5 Å². The highest BCUT2D eigenvalue weighted by molar-refractivity contribution is 14.1. The van der Waals surface area contributed by atoms with E-state index in [1.807, 2.05) is 42.5 Å². The second-order valence-electron chi connectivity index (χ2n) is 5.39. The number of nitrogens with two attached hydrogens (primary N) is 1. The van der Waals surface area contributed by atoms with E-state index in [0.29, 0.717) is 17.3 Å². The lowest BCUT2D eigenvalue weighted by atomic mass is 10.1. The molecule has 0 bridgehead atoms. The van der Waals surface area contributed by atoms with E-state index in [9.17, 15) is 0 Å². The standard InChI is InChI=1S/C18H18IN5/c1-12(13-5-3-2-4-6-13)23-17-16(20)18(22-11-21-17)24-15-9-7-14(19)8-10-15/h2-12H,20H2,1H3,(H2,21,22,23,24). The fourth-order valence-corrected chi connectivity index (χ4v) is 2.67. The maximum Gasteiger partial charge on any atom is 0.159 e. The van der Waals surface area contributed by atoms with E-state index in [-0.39, 0.29) is 6.04 Å². The molecular weight excluding hydrogens is 413 g/mol. The highest BCUT2D eigenvalue weighted by atomic mass is 127. The molecule has 6 heteroatoms. The van der Waals surface area contributed by atoms with Crippen LogP contribution in [0.5, 0.6) is 0 Å². The predicted octanol–water partition coefficient (Wildman–Crippen LogP) is 4.58. The van der Waals surface area contributed by atoms with Gasteiger partial charge in [-0.2, -0.15) is 0 Å². The number of aromatic nitrogens is 2. The Morgan fingerprint density at radius 3 is 2.33 bits per heavy atom. The lowest BCUT2D eigenvalue weighted by molar-refractivity contribution is 0.873. The highest BCUT2D eigenvalue weighted by Crippen LogP contribution is 2.28. The molecule has 0 aliphatic rings. The lowest BCUT2D eigenvalue weighted by Gasteiger charge is -2.17. The largest absolute Gasteiger partial charge is 0.393 e. The van der Waals surface area contributed by atoms with Gasteiger partial charge in [-0.3, -0.25) is 0 Å². The van der Waals surface area contributed by atoms with Crippen LogP contribution in [0.25, 0.3) is 0 Å². The summed E-state index contributed by atoms with van der Waals surface area (Å²) in [6.07, 6.45) is 1.51. The van der Waals surface area contributed by atoms with Gasteiger partial charge in [-0.05, 0) is 59.3 Å². The minimum atomic E-state index is 0.0922. The van der Waals surface area contributed by atoms with Gasteiger partial charge in [0.15, 0.2) is 11.6 Å². The Bertz CT molecular complexity index is 805. The van der Waals surface area contributed by atoms with E-state index >= 15 is 0 Å². The van der Waals surface area contributed by atoms with Crippen molar-refractivity contribution in [3.8, 4) is 0 Å². The third kappa shape index (κ3) is 3.94. The number of benzene rings is 2. The lowest BCUT2D eigenvalue weighted by Crippen LogP contribution is -2.11. The Kier molecular flexibility index (Phi) is 5.14. The number of nitrogens with zero attached hydrogens (tertiary/aromatic N) is 2. The topological polar surface area (TPSA) is 75.9 Å². The summed E-state index contributed by atoms with van der Waals surface area (Å²) in [5, 5.41) is 6.58. The summed E-state index contributed by atoms with van der Waals surface area (Å²) in [7, 11) is 0. The van der Waals surface area contributed by atoms with E-state index in [1.165, 1.54) is 15.5 Å². The van der Waals surface area contributed by atoms with E-state index in [0.717, 1.165) is 5.69 Å². The zero-order valence-corrected chi connectivity index (χ0v) is 15.4. The molecular formula is C18H18IN5. The minimum Gasteiger partial charge on any atom is -0.393 e. The van der Waals surface area contributed by atoms with Crippen LogP contribution in [0.2, 0.25) is 0 Å². The highest BCUT2D eigenvalue weighted by Gasteiger charge is 2.12. The molecule has 5 nitrogen and oxygen atoms in total. The molecule has 1 atom stereocenters. The third-order valence-electron chi connectivity index (χ3n) is 3.64. The van der Waals surface area contributed by atoms with Crippen LogP contribution < -0.4 is 16.4 Å². The van der Waals surface area contributed by atoms with Gasteiger partial charge in [0.1, 0.15) is 12.0 Å². The first kappa shape index (κ1) is 16.5. The maximum atomic E-state index is 6.24. The first-order chi connectivity index (χ1) is 11.6. The molecule has 0 spiro atoms. The van der Waals surface area contributed by atoms with Gasteiger partial charge in [0.05, 0.1) is 6.04 Å². The molecule has 24 heavy (non-hydrogen) atoms. The number of anilines is 4. The molecule has 0 amide bonds. The number of hydrogen-bond acceptors (Lipinski definition) is 5. The third-order valence-corrected chi connectivity index (χ3v) is 4.36. The molecule has 0 aliphatic carbocycles. The van der Waals surface area contributed by atoms with Gasteiger partial charge < -0.3 is 16.4 Å². The average Bonchev–Trinajstić information content (AvgIpc) is 2.61. The molecule has 2 aromatic carbocycles. The van der Waals surface area contributed by atoms with Gasteiger partial charge in [0, 0.05) is 9.26 Å². The van der Waals surface area contributed by atoms with Crippen molar-refractivity contribution in [1.82, 2.24) is 9.97 Å². The minimum absolute atomic E-state index is 0.0922. The van der Waals surface area contributed by atoms with Crippen molar-refractivity contribution in [2.45, 2.75) is 13.0 Å². The Morgan fingerprint density at radius 1 is 0.958 bits per heavy atom. The van der Waals surface area contributed by atoms with Crippen molar-refractivity contribution in [2.75, 3.05) is 16.4 Å². The smallest absolute Gasteiger partial charge is 0.159 e. The first-order valence-electron chi connectivity index (χ1n) is 7.58.